The Morgan fingerprint density at radius 1 is 0.950 bits per heavy atom. The average Bonchev–Trinajstić information content (AvgIpc) is 2.49. The van der Waals surface area contributed by atoms with Crippen LogP contribution in [0.5, 0.6) is 0 Å². The van der Waals surface area contributed by atoms with Gasteiger partial charge in [-0.05, 0) is 40.2 Å². The van der Waals surface area contributed by atoms with Gasteiger partial charge in [0.15, 0.2) is 0 Å². The minimum atomic E-state index is -0.153. The van der Waals surface area contributed by atoms with Crippen LogP contribution in [0.15, 0.2) is 47.1 Å². The van der Waals surface area contributed by atoms with Gasteiger partial charge in [0, 0.05) is 32.4 Å². The van der Waals surface area contributed by atoms with Crippen molar-refractivity contribution in [3.05, 3.63) is 52.9 Å². The summed E-state index contributed by atoms with van der Waals surface area (Å²) in [7, 11) is 0. The molecule has 1 saturated heterocycles. The van der Waals surface area contributed by atoms with Crippen LogP contribution in [-0.4, -0.2) is 31.2 Å². The van der Waals surface area contributed by atoms with E-state index in [1.165, 1.54) is 6.07 Å². The van der Waals surface area contributed by atoms with Gasteiger partial charge in [-0.25, -0.2) is 9.37 Å². The van der Waals surface area contributed by atoms with E-state index in [1.807, 2.05) is 24.3 Å². The number of hydrogen-bond donors (Lipinski definition) is 0. The van der Waals surface area contributed by atoms with E-state index in [4.69, 9.17) is 0 Å². The Morgan fingerprint density at radius 3 is 2.35 bits per heavy atom. The van der Waals surface area contributed by atoms with Gasteiger partial charge < -0.3 is 9.80 Å². The predicted octanol–water partition coefficient (Wildman–Crippen LogP) is 3.31. The zero-order valence-corrected chi connectivity index (χ0v) is 12.6. The normalized spacial score (nSPS) is 15.5. The Labute approximate surface area is 126 Å². The van der Waals surface area contributed by atoms with Crippen molar-refractivity contribution in [1.29, 1.82) is 0 Å². The second-order valence-electron chi connectivity index (χ2n) is 4.73. The molecule has 0 radical (unpaired) electrons. The zero-order valence-electron chi connectivity index (χ0n) is 11.0. The van der Waals surface area contributed by atoms with E-state index in [2.05, 4.69) is 30.7 Å². The summed E-state index contributed by atoms with van der Waals surface area (Å²) in [5.41, 5.74) is 0.687. The predicted molar refractivity (Wildman–Crippen MR) is 82.8 cm³/mol. The molecular formula is C15H15BrFN3. The summed E-state index contributed by atoms with van der Waals surface area (Å²) in [6.45, 7) is 3.27. The van der Waals surface area contributed by atoms with Gasteiger partial charge in [-0.15, -0.1) is 0 Å². The molecule has 104 valence electrons. The molecule has 0 N–H and O–H groups in total. The molecule has 0 aliphatic carbocycles. The van der Waals surface area contributed by atoms with Crippen molar-refractivity contribution in [3.63, 3.8) is 0 Å². The molecule has 5 heteroatoms. The highest BCUT2D eigenvalue weighted by molar-refractivity contribution is 9.10. The lowest BCUT2D eigenvalue weighted by atomic mass is 10.2. The number of aromatic nitrogens is 1. The third-order valence-electron chi connectivity index (χ3n) is 3.51. The van der Waals surface area contributed by atoms with Crippen molar-refractivity contribution in [1.82, 2.24) is 4.98 Å². The van der Waals surface area contributed by atoms with Gasteiger partial charge in [-0.1, -0.05) is 12.1 Å². The Bertz CT molecular complexity index is 544. The zero-order chi connectivity index (χ0) is 13.9. The molecule has 0 saturated carbocycles. The molecule has 1 aromatic heterocycles. The molecule has 0 unspecified atom stereocenters. The first-order valence-corrected chi connectivity index (χ1v) is 7.40. The molecule has 3 rings (SSSR count). The van der Waals surface area contributed by atoms with Crippen LogP contribution in [0, 0.1) is 5.82 Å². The number of halogens is 2. The quantitative estimate of drug-likeness (QED) is 0.839. The van der Waals surface area contributed by atoms with E-state index >= 15 is 0 Å². The van der Waals surface area contributed by atoms with Gasteiger partial charge in [-0.2, -0.15) is 0 Å². The van der Waals surface area contributed by atoms with Crippen LogP contribution in [0.2, 0.25) is 0 Å². The molecule has 20 heavy (non-hydrogen) atoms. The summed E-state index contributed by atoms with van der Waals surface area (Å²) >= 11 is 3.53. The molecule has 2 heterocycles. The van der Waals surface area contributed by atoms with Gasteiger partial charge in [-0.3, -0.25) is 0 Å². The van der Waals surface area contributed by atoms with Crippen LogP contribution in [0.25, 0.3) is 0 Å². The van der Waals surface area contributed by atoms with Crippen molar-refractivity contribution >= 4 is 27.4 Å². The maximum absolute atomic E-state index is 13.8. The molecule has 1 aliphatic heterocycles. The number of anilines is 2. The Balaban J connectivity index is 1.72. The molecule has 3 nitrogen and oxygen atoms in total. The summed E-state index contributed by atoms with van der Waals surface area (Å²) in [5, 5.41) is 0. The molecular weight excluding hydrogens is 321 g/mol. The number of nitrogens with zero attached hydrogens (tertiary/aromatic N) is 3. The molecule has 1 aromatic carbocycles. The number of hydrogen-bond acceptors (Lipinski definition) is 3. The number of pyridine rings is 1. The highest BCUT2D eigenvalue weighted by atomic mass is 79.9. The minimum Gasteiger partial charge on any atom is -0.366 e. The second-order valence-corrected chi connectivity index (χ2v) is 5.59. The van der Waals surface area contributed by atoms with Crippen molar-refractivity contribution < 1.29 is 4.39 Å². The van der Waals surface area contributed by atoms with Gasteiger partial charge >= 0.3 is 0 Å². The maximum Gasteiger partial charge on any atom is 0.146 e. The number of piperazine rings is 1. The molecule has 0 bridgehead atoms. The first-order valence-electron chi connectivity index (χ1n) is 6.60. The molecule has 1 fully saturated rings. The Kier molecular flexibility index (Phi) is 3.87. The number of para-hydroxylation sites is 1. The van der Waals surface area contributed by atoms with Crippen molar-refractivity contribution in [2.45, 2.75) is 0 Å². The summed E-state index contributed by atoms with van der Waals surface area (Å²) in [6, 6.07) is 10.8. The molecule has 2 aromatic rings. The van der Waals surface area contributed by atoms with Gasteiger partial charge in [0.05, 0.1) is 10.2 Å². The van der Waals surface area contributed by atoms with Crippen LogP contribution in [0.3, 0.4) is 0 Å². The fourth-order valence-corrected chi connectivity index (χ4v) is 2.98. The second kappa shape index (κ2) is 5.79. The van der Waals surface area contributed by atoms with Crippen molar-refractivity contribution in [3.8, 4) is 0 Å². The van der Waals surface area contributed by atoms with E-state index < -0.39 is 0 Å². The van der Waals surface area contributed by atoms with E-state index in [0.717, 1.165) is 36.5 Å². The SMILES string of the molecule is Fc1ccccc1N1CCN(c2ncccc2Br)CC1. The van der Waals surface area contributed by atoms with Crippen LogP contribution in [0.4, 0.5) is 15.9 Å². The minimum absolute atomic E-state index is 0.153. The largest absolute Gasteiger partial charge is 0.366 e. The highest BCUT2D eigenvalue weighted by Gasteiger charge is 2.21. The first-order chi connectivity index (χ1) is 9.75. The Morgan fingerprint density at radius 2 is 1.65 bits per heavy atom. The monoisotopic (exact) mass is 335 g/mol. The smallest absolute Gasteiger partial charge is 0.146 e. The molecule has 0 amide bonds. The molecule has 0 spiro atoms. The van der Waals surface area contributed by atoms with Crippen LogP contribution < -0.4 is 9.80 Å². The number of rotatable bonds is 2. The third kappa shape index (κ3) is 2.63. The van der Waals surface area contributed by atoms with E-state index in [0.29, 0.717) is 5.69 Å². The summed E-state index contributed by atoms with van der Waals surface area (Å²) in [4.78, 5) is 8.71. The standard InChI is InChI=1S/C15H15BrFN3/c16-12-4-3-7-18-15(12)20-10-8-19(9-11-20)14-6-2-1-5-13(14)17/h1-7H,8-11H2. The van der Waals surface area contributed by atoms with Gasteiger partial charge in [0.1, 0.15) is 11.6 Å². The number of benzene rings is 1. The van der Waals surface area contributed by atoms with Crippen molar-refractivity contribution in [2.75, 3.05) is 36.0 Å². The molecule has 1 aliphatic rings. The fourth-order valence-electron chi connectivity index (χ4n) is 2.48. The Hall–Kier alpha value is -1.62. The average molecular weight is 336 g/mol. The third-order valence-corrected chi connectivity index (χ3v) is 4.13. The van der Waals surface area contributed by atoms with Gasteiger partial charge in [0.2, 0.25) is 0 Å². The fraction of sp³-hybridized carbons (Fsp3) is 0.267. The van der Waals surface area contributed by atoms with E-state index in [1.54, 1.807) is 12.3 Å². The summed E-state index contributed by atoms with van der Waals surface area (Å²) in [5.74, 6) is 0.806. The molecule has 0 atom stereocenters. The highest BCUT2D eigenvalue weighted by Crippen LogP contribution is 2.26. The van der Waals surface area contributed by atoms with Crippen molar-refractivity contribution in [2.24, 2.45) is 0 Å². The van der Waals surface area contributed by atoms with E-state index in [9.17, 15) is 4.39 Å². The first kappa shape index (κ1) is 13.4. The topological polar surface area (TPSA) is 19.4 Å². The summed E-state index contributed by atoms with van der Waals surface area (Å²) in [6.07, 6.45) is 1.79. The maximum atomic E-state index is 13.8. The van der Waals surface area contributed by atoms with E-state index in [-0.39, 0.29) is 5.82 Å². The van der Waals surface area contributed by atoms with Crippen LogP contribution in [-0.2, 0) is 0 Å². The lowest BCUT2D eigenvalue weighted by Gasteiger charge is -2.37. The van der Waals surface area contributed by atoms with Crippen LogP contribution >= 0.6 is 15.9 Å². The van der Waals surface area contributed by atoms with Crippen LogP contribution in [0.1, 0.15) is 0 Å². The lowest BCUT2D eigenvalue weighted by Crippen LogP contribution is -2.47. The lowest BCUT2D eigenvalue weighted by molar-refractivity contribution is 0.596. The van der Waals surface area contributed by atoms with Gasteiger partial charge in [0.25, 0.3) is 0 Å². The summed E-state index contributed by atoms with van der Waals surface area (Å²) < 4.78 is 14.8.